The normalized spacial score (nSPS) is 10.4. The Morgan fingerprint density at radius 2 is 1.90 bits per heavy atom. The third-order valence-corrected chi connectivity index (χ3v) is 3.36. The molecule has 0 aliphatic rings. The number of amides is 1. The molecule has 2 aromatic carbocycles. The maximum absolute atomic E-state index is 13.5. The van der Waals surface area contributed by atoms with Gasteiger partial charge in [0.25, 0.3) is 5.91 Å². The number of halogens is 4. The van der Waals surface area contributed by atoms with Crippen LogP contribution in [0.25, 0.3) is 0 Å². The average molecular weight is 362 g/mol. The molecule has 0 saturated heterocycles. The molecule has 0 spiro atoms. The summed E-state index contributed by atoms with van der Waals surface area (Å²) in [6, 6.07) is 6.13. The predicted octanol–water partition coefficient (Wildman–Crippen LogP) is 4.22. The maximum Gasteiger partial charge on any atom is 0.257 e. The first-order valence-corrected chi connectivity index (χ1v) is 6.56. The first-order valence-electron chi connectivity index (χ1n) is 5.39. The summed E-state index contributed by atoms with van der Waals surface area (Å²) in [4.78, 5) is 12.0. The van der Waals surface area contributed by atoms with E-state index in [9.17, 15) is 13.6 Å². The Labute approximate surface area is 126 Å². The lowest BCUT2D eigenvalue weighted by atomic mass is 10.1. The lowest BCUT2D eigenvalue weighted by molar-refractivity contribution is 0.102. The van der Waals surface area contributed by atoms with E-state index in [1.807, 2.05) is 0 Å². The van der Waals surface area contributed by atoms with Crippen molar-refractivity contribution in [3.05, 3.63) is 57.0 Å². The number of nitrogens with one attached hydrogen (secondary N) is 1. The second-order valence-electron chi connectivity index (χ2n) is 3.93. The zero-order valence-corrected chi connectivity index (χ0v) is 12.2. The Balaban J connectivity index is 2.30. The van der Waals surface area contributed by atoms with E-state index in [4.69, 9.17) is 17.3 Å². The minimum Gasteiger partial charge on any atom is -0.398 e. The Morgan fingerprint density at radius 3 is 2.55 bits per heavy atom. The molecule has 0 fully saturated rings. The number of nitrogen functional groups attached to an aromatic ring is 1. The largest absolute Gasteiger partial charge is 0.398 e. The molecule has 0 aliphatic carbocycles. The topological polar surface area (TPSA) is 55.1 Å². The van der Waals surface area contributed by atoms with Crippen LogP contribution < -0.4 is 11.1 Å². The maximum atomic E-state index is 13.5. The van der Waals surface area contributed by atoms with Gasteiger partial charge in [0.2, 0.25) is 0 Å². The molecule has 2 aromatic rings. The van der Waals surface area contributed by atoms with Crippen LogP contribution in [0.5, 0.6) is 0 Å². The number of benzene rings is 2. The van der Waals surface area contributed by atoms with Crippen LogP contribution in [0.15, 0.2) is 34.8 Å². The van der Waals surface area contributed by atoms with Gasteiger partial charge in [-0.25, -0.2) is 8.78 Å². The Bertz CT molecular complexity index is 694. The van der Waals surface area contributed by atoms with E-state index in [1.54, 1.807) is 0 Å². The fourth-order valence-electron chi connectivity index (χ4n) is 1.55. The van der Waals surface area contributed by atoms with Crippen molar-refractivity contribution in [2.45, 2.75) is 0 Å². The molecule has 3 N–H and O–H groups in total. The zero-order chi connectivity index (χ0) is 14.9. The fraction of sp³-hybridized carbons (Fsp3) is 0. The smallest absolute Gasteiger partial charge is 0.257 e. The number of rotatable bonds is 2. The molecule has 3 nitrogen and oxygen atoms in total. The molecule has 2 rings (SSSR count). The summed E-state index contributed by atoms with van der Waals surface area (Å²) in [6.07, 6.45) is 0. The Hall–Kier alpha value is -1.66. The highest BCUT2D eigenvalue weighted by atomic mass is 79.9. The molecule has 1 amide bonds. The number of carbonyl (C=O) groups is 1. The van der Waals surface area contributed by atoms with Crippen LogP contribution in [0.1, 0.15) is 10.4 Å². The monoisotopic (exact) mass is 360 g/mol. The molecule has 0 saturated carbocycles. The molecule has 0 atom stereocenters. The highest BCUT2D eigenvalue weighted by Crippen LogP contribution is 2.25. The van der Waals surface area contributed by atoms with Gasteiger partial charge in [-0.2, -0.15) is 0 Å². The summed E-state index contributed by atoms with van der Waals surface area (Å²) in [5.41, 5.74) is 5.82. The van der Waals surface area contributed by atoms with Crippen molar-refractivity contribution >= 4 is 44.8 Å². The fourth-order valence-corrected chi connectivity index (χ4v) is 2.07. The quantitative estimate of drug-likeness (QED) is 0.622. The Morgan fingerprint density at radius 1 is 1.20 bits per heavy atom. The van der Waals surface area contributed by atoms with Crippen molar-refractivity contribution in [1.82, 2.24) is 0 Å². The molecule has 0 aromatic heterocycles. The van der Waals surface area contributed by atoms with Crippen LogP contribution in [0.4, 0.5) is 20.2 Å². The summed E-state index contributed by atoms with van der Waals surface area (Å²) in [5, 5.41) is 2.71. The van der Waals surface area contributed by atoms with Crippen molar-refractivity contribution in [1.29, 1.82) is 0 Å². The van der Waals surface area contributed by atoms with Gasteiger partial charge in [0.1, 0.15) is 11.6 Å². The predicted molar refractivity (Wildman–Crippen MR) is 77.9 cm³/mol. The van der Waals surface area contributed by atoms with Gasteiger partial charge < -0.3 is 11.1 Å². The molecule has 0 unspecified atom stereocenters. The molecule has 0 heterocycles. The highest BCUT2D eigenvalue weighted by molar-refractivity contribution is 9.10. The van der Waals surface area contributed by atoms with Crippen LogP contribution in [0, 0.1) is 11.6 Å². The van der Waals surface area contributed by atoms with Gasteiger partial charge >= 0.3 is 0 Å². The second kappa shape index (κ2) is 5.76. The van der Waals surface area contributed by atoms with Crippen molar-refractivity contribution in [2.24, 2.45) is 0 Å². The van der Waals surface area contributed by atoms with Gasteiger partial charge in [-0.15, -0.1) is 0 Å². The minimum absolute atomic E-state index is 0.0401. The van der Waals surface area contributed by atoms with Gasteiger partial charge in [-0.3, -0.25) is 4.79 Å². The number of carbonyl (C=O) groups excluding carboxylic acids is 1. The van der Waals surface area contributed by atoms with E-state index in [1.165, 1.54) is 18.2 Å². The van der Waals surface area contributed by atoms with Crippen LogP contribution in [0.3, 0.4) is 0 Å². The van der Waals surface area contributed by atoms with Gasteiger partial charge in [0.15, 0.2) is 0 Å². The van der Waals surface area contributed by atoms with E-state index in [-0.39, 0.29) is 21.4 Å². The molecule has 20 heavy (non-hydrogen) atoms. The van der Waals surface area contributed by atoms with Gasteiger partial charge in [-0.1, -0.05) is 11.6 Å². The SMILES string of the molecule is Nc1cc(Cl)ccc1C(=O)Nc1cc(Br)c(F)cc1F. The highest BCUT2D eigenvalue weighted by Gasteiger charge is 2.14. The van der Waals surface area contributed by atoms with Gasteiger partial charge in [0, 0.05) is 16.8 Å². The lowest BCUT2D eigenvalue weighted by Gasteiger charge is -2.09. The molecule has 7 heteroatoms. The lowest BCUT2D eigenvalue weighted by Crippen LogP contribution is -2.15. The summed E-state index contributed by atoms with van der Waals surface area (Å²) in [5.74, 6) is -2.25. The second-order valence-corrected chi connectivity index (χ2v) is 5.22. The number of hydrogen-bond donors (Lipinski definition) is 2. The number of anilines is 2. The summed E-state index contributed by atoms with van der Waals surface area (Å²) < 4.78 is 26.7. The first kappa shape index (κ1) is 14.7. The van der Waals surface area contributed by atoms with E-state index >= 15 is 0 Å². The summed E-state index contributed by atoms with van der Waals surface area (Å²) in [7, 11) is 0. The zero-order valence-electron chi connectivity index (χ0n) is 9.88. The van der Waals surface area contributed by atoms with Crippen molar-refractivity contribution < 1.29 is 13.6 Å². The molecule has 104 valence electrons. The Kier molecular flexibility index (Phi) is 4.25. The van der Waals surface area contributed by atoms with Crippen LogP contribution in [0.2, 0.25) is 5.02 Å². The molecule has 0 aliphatic heterocycles. The summed E-state index contributed by atoms with van der Waals surface area (Å²) in [6.45, 7) is 0. The van der Waals surface area contributed by atoms with Crippen molar-refractivity contribution in [3.63, 3.8) is 0 Å². The third kappa shape index (κ3) is 3.08. The van der Waals surface area contributed by atoms with E-state index in [0.717, 1.165) is 6.07 Å². The van der Waals surface area contributed by atoms with Crippen molar-refractivity contribution in [2.75, 3.05) is 11.1 Å². The van der Waals surface area contributed by atoms with Crippen LogP contribution in [-0.2, 0) is 0 Å². The third-order valence-electron chi connectivity index (χ3n) is 2.52. The number of hydrogen-bond acceptors (Lipinski definition) is 2. The van der Waals surface area contributed by atoms with E-state index < -0.39 is 17.5 Å². The first-order chi connectivity index (χ1) is 9.38. The van der Waals surface area contributed by atoms with E-state index in [2.05, 4.69) is 21.2 Å². The molecule has 0 bridgehead atoms. The van der Waals surface area contributed by atoms with Gasteiger partial charge in [0.05, 0.1) is 15.7 Å². The van der Waals surface area contributed by atoms with Crippen LogP contribution >= 0.6 is 27.5 Å². The molecule has 0 radical (unpaired) electrons. The molecular weight excluding hydrogens is 354 g/mol. The van der Waals surface area contributed by atoms with Gasteiger partial charge in [-0.05, 0) is 40.2 Å². The summed E-state index contributed by atoms with van der Waals surface area (Å²) >= 11 is 8.64. The van der Waals surface area contributed by atoms with Crippen molar-refractivity contribution in [3.8, 4) is 0 Å². The minimum atomic E-state index is -0.883. The molecular formula is C13H8BrClF2N2O. The van der Waals surface area contributed by atoms with E-state index in [0.29, 0.717) is 11.1 Å². The van der Waals surface area contributed by atoms with Crippen LogP contribution in [-0.4, -0.2) is 5.91 Å². The number of nitrogens with two attached hydrogens (primary N) is 1. The standard InChI is InChI=1S/C13H8BrClF2N2O/c14-8-4-12(10(17)5-9(8)16)19-13(20)7-2-1-6(15)3-11(7)18/h1-5H,18H2,(H,19,20). The average Bonchev–Trinajstić information content (AvgIpc) is 2.35.